The molecule has 1 atom stereocenters. The molecule has 4 N–H and O–H groups in total. The zero-order valence-electron chi connectivity index (χ0n) is 16.5. The highest BCUT2D eigenvalue weighted by Gasteiger charge is 2.20. The first-order valence-electron chi connectivity index (χ1n) is 9.05. The molecule has 156 valence electrons. The molecule has 0 unspecified atom stereocenters. The smallest absolute Gasteiger partial charge is 0.408 e. The van der Waals surface area contributed by atoms with E-state index in [0.717, 1.165) is 5.56 Å². The minimum Gasteiger partial charge on any atom is -0.480 e. The molecule has 0 saturated heterocycles. The summed E-state index contributed by atoms with van der Waals surface area (Å²) in [6.45, 7) is 6.49. The largest absolute Gasteiger partial charge is 0.480 e. The van der Waals surface area contributed by atoms with Gasteiger partial charge in [-0.15, -0.1) is 0 Å². The van der Waals surface area contributed by atoms with Crippen molar-refractivity contribution in [1.82, 2.24) is 16.0 Å². The van der Waals surface area contributed by atoms with Crippen LogP contribution in [-0.4, -0.2) is 54.5 Å². The number of carboxylic acid groups (broad SMARTS) is 1. The lowest BCUT2D eigenvalue weighted by Gasteiger charge is -2.19. The Morgan fingerprint density at radius 2 is 1.71 bits per heavy atom. The van der Waals surface area contributed by atoms with Crippen LogP contribution in [0.2, 0.25) is 0 Å². The van der Waals surface area contributed by atoms with Crippen LogP contribution in [0.4, 0.5) is 9.59 Å². The standard InChI is InChI=1S/C19H29N3O6/c1-19(2,3)28-17(25)21-12-11-20-10-9-15(16(23)24)22-18(26)27-13-14-7-5-4-6-8-14/h4-8,15,20H,9-13H2,1-3H3,(H,21,25)(H,22,26)(H,23,24)/t15-/m0/s1. The highest BCUT2D eigenvalue weighted by Crippen LogP contribution is 2.06. The van der Waals surface area contributed by atoms with Crippen LogP contribution in [0.15, 0.2) is 30.3 Å². The van der Waals surface area contributed by atoms with Crippen molar-refractivity contribution in [2.45, 2.75) is 45.4 Å². The number of hydrogen-bond acceptors (Lipinski definition) is 6. The second-order valence-electron chi connectivity index (χ2n) is 7.06. The second kappa shape index (κ2) is 11.8. The van der Waals surface area contributed by atoms with Gasteiger partial charge in [-0.3, -0.25) is 0 Å². The lowest BCUT2D eigenvalue weighted by Crippen LogP contribution is -2.43. The third-order valence-corrected chi connectivity index (χ3v) is 3.38. The molecule has 0 heterocycles. The third kappa shape index (κ3) is 11.0. The predicted molar refractivity (Wildman–Crippen MR) is 103 cm³/mol. The van der Waals surface area contributed by atoms with Crippen molar-refractivity contribution in [2.24, 2.45) is 0 Å². The van der Waals surface area contributed by atoms with Crippen LogP contribution in [0.25, 0.3) is 0 Å². The van der Waals surface area contributed by atoms with Crippen LogP contribution < -0.4 is 16.0 Å². The maximum absolute atomic E-state index is 11.8. The molecule has 0 aliphatic rings. The van der Waals surface area contributed by atoms with Gasteiger partial charge in [0.1, 0.15) is 18.2 Å². The second-order valence-corrected chi connectivity index (χ2v) is 7.06. The highest BCUT2D eigenvalue weighted by molar-refractivity contribution is 5.79. The average Bonchev–Trinajstić information content (AvgIpc) is 2.61. The summed E-state index contributed by atoms with van der Waals surface area (Å²) in [7, 11) is 0. The monoisotopic (exact) mass is 395 g/mol. The Morgan fingerprint density at radius 3 is 2.32 bits per heavy atom. The first kappa shape index (κ1) is 23.2. The molecule has 9 nitrogen and oxygen atoms in total. The van der Waals surface area contributed by atoms with Gasteiger partial charge in [0, 0.05) is 13.1 Å². The number of amides is 2. The number of alkyl carbamates (subject to hydrolysis) is 2. The first-order chi connectivity index (χ1) is 13.2. The topological polar surface area (TPSA) is 126 Å². The molecule has 0 radical (unpaired) electrons. The first-order valence-corrected chi connectivity index (χ1v) is 9.05. The SMILES string of the molecule is CC(C)(C)OC(=O)NCCNCC[C@H](NC(=O)OCc1ccccc1)C(=O)O. The van der Waals surface area contributed by atoms with Crippen molar-refractivity contribution in [3.63, 3.8) is 0 Å². The van der Waals surface area contributed by atoms with Gasteiger partial charge in [0.2, 0.25) is 0 Å². The van der Waals surface area contributed by atoms with Crippen LogP contribution >= 0.6 is 0 Å². The molecule has 0 aromatic heterocycles. The van der Waals surface area contributed by atoms with Gasteiger partial charge in [0.15, 0.2) is 0 Å². The Bertz CT molecular complexity index is 630. The summed E-state index contributed by atoms with van der Waals surface area (Å²) < 4.78 is 10.1. The van der Waals surface area contributed by atoms with Gasteiger partial charge in [-0.25, -0.2) is 14.4 Å². The van der Waals surface area contributed by atoms with Gasteiger partial charge >= 0.3 is 18.2 Å². The van der Waals surface area contributed by atoms with Gasteiger partial charge in [-0.1, -0.05) is 30.3 Å². The van der Waals surface area contributed by atoms with E-state index >= 15 is 0 Å². The fourth-order valence-electron chi connectivity index (χ4n) is 2.10. The molecule has 1 aromatic rings. The van der Waals surface area contributed by atoms with Crippen molar-refractivity contribution in [3.05, 3.63) is 35.9 Å². The minimum absolute atomic E-state index is 0.0631. The molecule has 1 rings (SSSR count). The highest BCUT2D eigenvalue weighted by atomic mass is 16.6. The van der Waals surface area contributed by atoms with Crippen LogP contribution in [0, 0.1) is 0 Å². The maximum Gasteiger partial charge on any atom is 0.408 e. The fourth-order valence-corrected chi connectivity index (χ4v) is 2.10. The zero-order chi connectivity index (χ0) is 21.0. The quantitative estimate of drug-likeness (QED) is 0.446. The summed E-state index contributed by atoms with van der Waals surface area (Å²) in [4.78, 5) is 34.5. The third-order valence-electron chi connectivity index (χ3n) is 3.38. The number of benzene rings is 1. The summed E-state index contributed by atoms with van der Waals surface area (Å²) in [5.74, 6) is -1.15. The van der Waals surface area contributed by atoms with E-state index in [0.29, 0.717) is 19.6 Å². The van der Waals surface area contributed by atoms with E-state index < -0.39 is 29.8 Å². The normalized spacial score (nSPS) is 12.0. The maximum atomic E-state index is 11.8. The molecule has 28 heavy (non-hydrogen) atoms. The summed E-state index contributed by atoms with van der Waals surface area (Å²) >= 11 is 0. The molecule has 0 aliphatic carbocycles. The fraction of sp³-hybridized carbons (Fsp3) is 0.526. The Balaban J connectivity index is 2.21. The van der Waals surface area contributed by atoms with Crippen molar-refractivity contribution in [2.75, 3.05) is 19.6 Å². The molecule has 2 amide bonds. The van der Waals surface area contributed by atoms with Crippen molar-refractivity contribution >= 4 is 18.2 Å². The molecule has 1 aromatic carbocycles. The van der Waals surface area contributed by atoms with Gasteiger partial charge in [0.05, 0.1) is 0 Å². The molecule has 0 spiro atoms. The lowest BCUT2D eigenvalue weighted by atomic mass is 10.2. The molecule has 0 bridgehead atoms. The van der Waals surface area contributed by atoms with E-state index in [2.05, 4.69) is 16.0 Å². The van der Waals surface area contributed by atoms with E-state index in [1.807, 2.05) is 18.2 Å². The van der Waals surface area contributed by atoms with E-state index in [1.165, 1.54) is 0 Å². The molecule has 0 saturated carbocycles. The van der Waals surface area contributed by atoms with E-state index in [-0.39, 0.29) is 13.0 Å². The number of carboxylic acids is 1. The van der Waals surface area contributed by atoms with Crippen LogP contribution in [0.1, 0.15) is 32.8 Å². The number of carbonyl (C=O) groups excluding carboxylic acids is 2. The van der Waals surface area contributed by atoms with Gasteiger partial charge in [-0.2, -0.15) is 0 Å². The van der Waals surface area contributed by atoms with E-state index in [4.69, 9.17) is 9.47 Å². The van der Waals surface area contributed by atoms with Gasteiger partial charge in [0.25, 0.3) is 0 Å². The number of hydrogen-bond donors (Lipinski definition) is 4. The van der Waals surface area contributed by atoms with Crippen LogP contribution in [-0.2, 0) is 20.9 Å². The number of aliphatic carboxylic acids is 1. The molecular weight excluding hydrogens is 366 g/mol. The average molecular weight is 395 g/mol. The summed E-state index contributed by atoms with van der Waals surface area (Å²) in [6, 6.07) is 8.02. The van der Waals surface area contributed by atoms with E-state index in [9.17, 15) is 19.5 Å². The van der Waals surface area contributed by atoms with Crippen molar-refractivity contribution in [3.8, 4) is 0 Å². The number of rotatable bonds is 10. The Hall–Kier alpha value is -2.81. The van der Waals surface area contributed by atoms with Crippen molar-refractivity contribution in [1.29, 1.82) is 0 Å². The Kier molecular flexibility index (Phi) is 9.80. The van der Waals surface area contributed by atoms with E-state index in [1.54, 1.807) is 32.9 Å². The summed E-state index contributed by atoms with van der Waals surface area (Å²) in [5.41, 5.74) is 0.246. The summed E-state index contributed by atoms with van der Waals surface area (Å²) in [5, 5.41) is 17.1. The number of carbonyl (C=O) groups is 3. The molecular formula is C19H29N3O6. The summed E-state index contributed by atoms with van der Waals surface area (Å²) in [6.07, 6.45) is -1.13. The van der Waals surface area contributed by atoms with Crippen molar-refractivity contribution < 1.29 is 29.0 Å². The predicted octanol–water partition coefficient (Wildman–Crippen LogP) is 1.87. The van der Waals surface area contributed by atoms with Gasteiger partial charge < -0.3 is 30.5 Å². The lowest BCUT2D eigenvalue weighted by molar-refractivity contribution is -0.139. The molecule has 0 fully saturated rings. The Morgan fingerprint density at radius 1 is 1.04 bits per heavy atom. The molecule has 0 aliphatic heterocycles. The van der Waals surface area contributed by atoms with Crippen LogP contribution in [0.5, 0.6) is 0 Å². The molecule has 9 heteroatoms. The van der Waals surface area contributed by atoms with Crippen LogP contribution in [0.3, 0.4) is 0 Å². The van der Waals surface area contributed by atoms with Gasteiger partial charge in [-0.05, 0) is 39.3 Å². The zero-order valence-corrected chi connectivity index (χ0v) is 16.5. The number of nitrogens with one attached hydrogen (secondary N) is 3. The number of ether oxygens (including phenoxy) is 2. The Labute approximate surface area is 164 Å². The minimum atomic E-state index is -1.15.